The summed E-state index contributed by atoms with van der Waals surface area (Å²) in [6, 6.07) is 23.1. The van der Waals surface area contributed by atoms with Gasteiger partial charge in [0.05, 0.1) is 20.4 Å². The molecule has 3 aromatic carbocycles. The second-order valence-corrected chi connectivity index (χ2v) is 7.21. The molecule has 7 nitrogen and oxygen atoms in total. The number of nitrogens with one attached hydrogen (secondary N) is 1. The van der Waals surface area contributed by atoms with Crippen molar-refractivity contribution in [1.82, 2.24) is 14.9 Å². The van der Waals surface area contributed by atoms with Gasteiger partial charge in [0.1, 0.15) is 12.4 Å². The van der Waals surface area contributed by atoms with Crippen LogP contribution in [0.1, 0.15) is 11.1 Å². The molecule has 4 aromatic rings. The summed E-state index contributed by atoms with van der Waals surface area (Å²) in [5.41, 5.74) is 2.74. The molecule has 0 fully saturated rings. The van der Waals surface area contributed by atoms with Gasteiger partial charge >= 0.3 is 0 Å². The highest BCUT2D eigenvalue weighted by molar-refractivity contribution is 7.71. The van der Waals surface area contributed by atoms with E-state index in [0.717, 1.165) is 22.4 Å². The summed E-state index contributed by atoms with van der Waals surface area (Å²) in [5.74, 6) is 2.59. The highest BCUT2D eigenvalue weighted by Crippen LogP contribution is 2.28. The molecule has 0 unspecified atom stereocenters. The van der Waals surface area contributed by atoms with Crippen molar-refractivity contribution < 1.29 is 14.2 Å². The Balaban J connectivity index is 1.56. The van der Waals surface area contributed by atoms with E-state index in [9.17, 15) is 0 Å². The highest BCUT2D eigenvalue weighted by Gasteiger charge is 2.10. The molecule has 32 heavy (non-hydrogen) atoms. The lowest BCUT2D eigenvalue weighted by atomic mass is 10.2. The Morgan fingerprint density at radius 1 is 0.969 bits per heavy atom. The van der Waals surface area contributed by atoms with Crippen molar-refractivity contribution in [2.24, 2.45) is 5.10 Å². The number of aromatic amines is 1. The maximum atomic E-state index is 5.92. The van der Waals surface area contributed by atoms with Gasteiger partial charge in [-0.1, -0.05) is 42.5 Å². The standard InChI is InChI=1S/C24H22N4O3S/c1-29-20-10-6-9-19(14-20)23-26-27-24(32)28(23)25-15-18-11-12-21(22(13-18)30-2)31-16-17-7-4-3-5-8-17/h3-15H,16H2,1-2H3,(H,27,32). The molecule has 162 valence electrons. The van der Waals surface area contributed by atoms with Crippen LogP contribution < -0.4 is 14.2 Å². The largest absolute Gasteiger partial charge is 0.497 e. The monoisotopic (exact) mass is 446 g/mol. The van der Waals surface area contributed by atoms with Gasteiger partial charge in [-0.3, -0.25) is 0 Å². The SMILES string of the molecule is COc1cccc(-c2n[nH]c(=S)n2N=Cc2ccc(OCc3ccccc3)c(OC)c2)c1. The Labute approximate surface area is 190 Å². The van der Waals surface area contributed by atoms with E-state index in [4.69, 9.17) is 26.4 Å². The molecular formula is C24H22N4O3S. The predicted molar refractivity (Wildman–Crippen MR) is 126 cm³/mol. The molecule has 0 amide bonds. The van der Waals surface area contributed by atoms with Crippen LogP contribution in [0.15, 0.2) is 77.9 Å². The lowest BCUT2D eigenvalue weighted by Gasteiger charge is -2.11. The fraction of sp³-hybridized carbons (Fsp3) is 0.125. The maximum Gasteiger partial charge on any atom is 0.216 e. The zero-order valence-corrected chi connectivity index (χ0v) is 18.5. The number of rotatable bonds is 8. The van der Waals surface area contributed by atoms with Gasteiger partial charge in [0, 0.05) is 5.56 Å². The molecule has 0 spiro atoms. The third-order valence-corrected chi connectivity index (χ3v) is 4.99. The van der Waals surface area contributed by atoms with Crippen molar-refractivity contribution >= 4 is 18.4 Å². The van der Waals surface area contributed by atoms with E-state index in [1.54, 1.807) is 25.1 Å². The minimum atomic E-state index is 0.383. The molecular weight excluding hydrogens is 424 g/mol. The number of ether oxygens (including phenoxy) is 3. The van der Waals surface area contributed by atoms with Gasteiger partial charge in [-0.15, -0.1) is 0 Å². The van der Waals surface area contributed by atoms with E-state index >= 15 is 0 Å². The number of benzene rings is 3. The molecule has 0 saturated heterocycles. The van der Waals surface area contributed by atoms with E-state index in [1.807, 2.05) is 72.8 Å². The topological polar surface area (TPSA) is 73.7 Å². The summed E-state index contributed by atoms with van der Waals surface area (Å²) >= 11 is 5.36. The molecule has 0 bridgehead atoms. The van der Waals surface area contributed by atoms with Gasteiger partial charge in [0.25, 0.3) is 0 Å². The van der Waals surface area contributed by atoms with Crippen molar-refractivity contribution in [2.45, 2.75) is 6.61 Å². The summed E-state index contributed by atoms with van der Waals surface area (Å²) in [6.07, 6.45) is 1.69. The van der Waals surface area contributed by atoms with Crippen LogP contribution in [0, 0.1) is 4.77 Å². The molecule has 0 aliphatic heterocycles. The van der Waals surface area contributed by atoms with E-state index in [0.29, 0.717) is 28.7 Å². The Hall–Kier alpha value is -3.91. The van der Waals surface area contributed by atoms with Crippen LogP contribution in [0.2, 0.25) is 0 Å². The minimum absolute atomic E-state index is 0.383. The quantitative estimate of drug-likeness (QED) is 0.302. The summed E-state index contributed by atoms with van der Waals surface area (Å²) < 4.78 is 18.7. The van der Waals surface area contributed by atoms with Crippen molar-refractivity contribution in [3.63, 3.8) is 0 Å². The van der Waals surface area contributed by atoms with Crippen LogP contribution in [-0.4, -0.2) is 35.3 Å². The second kappa shape index (κ2) is 9.93. The zero-order valence-electron chi connectivity index (χ0n) is 17.7. The van der Waals surface area contributed by atoms with Crippen molar-refractivity contribution in [2.75, 3.05) is 14.2 Å². The van der Waals surface area contributed by atoms with Gasteiger partial charge in [-0.05, 0) is 53.7 Å². The van der Waals surface area contributed by atoms with Crippen LogP contribution in [0.4, 0.5) is 0 Å². The minimum Gasteiger partial charge on any atom is -0.497 e. The van der Waals surface area contributed by atoms with Crippen LogP contribution in [0.25, 0.3) is 11.4 Å². The number of hydrogen-bond donors (Lipinski definition) is 1. The highest BCUT2D eigenvalue weighted by atomic mass is 32.1. The van der Waals surface area contributed by atoms with Gasteiger partial charge in [0.2, 0.25) is 4.77 Å². The number of H-pyrrole nitrogens is 1. The van der Waals surface area contributed by atoms with Crippen LogP contribution in [0.3, 0.4) is 0 Å². The molecule has 8 heteroatoms. The average Bonchev–Trinajstić information content (AvgIpc) is 3.22. The smallest absolute Gasteiger partial charge is 0.216 e. The van der Waals surface area contributed by atoms with Gasteiger partial charge in [-0.2, -0.15) is 14.9 Å². The number of methoxy groups -OCH3 is 2. The number of hydrogen-bond acceptors (Lipinski definition) is 6. The Kier molecular flexibility index (Phi) is 6.62. The Bertz CT molecular complexity index is 1280. The molecule has 0 radical (unpaired) electrons. The average molecular weight is 447 g/mol. The van der Waals surface area contributed by atoms with E-state index in [2.05, 4.69) is 15.3 Å². The van der Waals surface area contributed by atoms with E-state index in [1.165, 1.54) is 0 Å². The summed E-state index contributed by atoms with van der Waals surface area (Å²) in [4.78, 5) is 0. The van der Waals surface area contributed by atoms with Crippen molar-refractivity contribution in [1.29, 1.82) is 0 Å². The van der Waals surface area contributed by atoms with Crippen molar-refractivity contribution in [3.05, 3.63) is 88.7 Å². The van der Waals surface area contributed by atoms with E-state index < -0.39 is 0 Å². The first-order chi connectivity index (χ1) is 15.7. The van der Waals surface area contributed by atoms with E-state index in [-0.39, 0.29) is 0 Å². The lowest BCUT2D eigenvalue weighted by Crippen LogP contribution is -1.99. The van der Waals surface area contributed by atoms with Crippen LogP contribution in [0.5, 0.6) is 17.2 Å². The normalized spacial score (nSPS) is 10.9. The molecule has 0 atom stereocenters. The maximum absolute atomic E-state index is 5.92. The fourth-order valence-electron chi connectivity index (χ4n) is 3.09. The third-order valence-electron chi connectivity index (χ3n) is 4.73. The van der Waals surface area contributed by atoms with Gasteiger partial charge in [0.15, 0.2) is 17.3 Å². The molecule has 1 aromatic heterocycles. The molecule has 4 rings (SSSR count). The lowest BCUT2D eigenvalue weighted by molar-refractivity contribution is 0.284. The van der Waals surface area contributed by atoms with Gasteiger partial charge < -0.3 is 14.2 Å². The van der Waals surface area contributed by atoms with Crippen molar-refractivity contribution in [3.8, 4) is 28.6 Å². The number of nitrogens with zero attached hydrogens (tertiary/aromatic N) is 3. The fourth-order valence-corrected chi connectivity index (χ4v) is 3.27. The Morgan fingerprint density at radius 2 is 1.81 bits per heavy atom. The molecule has 1 N–H and O–H groups in total. The number of aromatic nitrogens is 3. The summed E-state index contributed by atoms with van der Waals surface area (Å²) in [7, 11) is 3.23. The zero-order chi connectivity index (χ0) is 22.3. The summed E-state index contributed by atoms with van der Waals surface area (Å²) in [6.45, 7) is 0.457. The molecule has 1 heterocycles. The first-order valence-corrected chi connectivity index (χ1v) is 10.3. The summed E-state index contributed by atoms with van der Waals surface area (Å²) in [5, 5.41) is 11.6. The van der Waals surface area contributed by atoms with Crippen LogP contribution in [-0.2, 0) is 6.61 Å². The predicted octanol–water partition coefficient (Wildman–Crippen LogP) is 5.09. The van der Waals surface area contributed by atoms with Crippen LogP contribution >= 0.6 is 12.2 Å². The Morgan fingerprint density at radius 3 is 2.59 bits per heavy atom. The molecule has 0 aliphatic carbocycles. The first kappa shape index (κ1) is 21.3. The molecule has 0 aliphatic rings. The second-order valence-electron chi connectivity index (χ2n) is 6.83. The van der Waals surface area contributed by atoms with Gasteiger partial charge in [-0.25, -0.2) is 5.10 Å². The first-order valence-electron chi connectivity index (χ1n) is 9.89. The third kappa shape index (κ3) is 4.87. The molecule has 0 saturated carbocycles.